The highest BCUT2D eigenvalue weighted by Crippen LogP contribution is 2.45. The van der Waals surface area contributed by atoms with Gasteiger partial charge in [-0.25, -0.2) is 9.13 Å². The van der Waals surface area contributed by atoms with Gasteiger partial charge in [-0.05, 0) is 49.4 Å². The summed E-state index contributed by atoms with van der Waals surface area (Å²) in [4.78, 5) is 72.3. The highest BCUT2D eigenvalue weighted by molar-refractivity contribution is 7.47. The lowest BCUT2D eigenvalue weighted by molar-refractivity contribution is -0.161. The molecule has 3 N–H and O–H groups in total. The van der Waals surface area contributed by atoms with E-state index in [0.29, 0.717) is 37.5 Å². The van der Waals surface area contributed by atoms with Crippen molar-refractivity contribution in [2.24, 2.45) is 23.7 Å². The lowest BCUT2D eigenvalue weighted by atomic mass is 10.00. The predicted octanol–water partition coefficient (Wildman–Crippen LogP) is 18.5. The SMILES string of the molecule is CCC(C)CCCCCCCCC(=O)OC[C@H](COP(=O)(O)OCC(O)COP(=O)(O)OC[C@@H](COC(=O)CCCCCCCCC(C)C)OC(=O)CCCCCCCCCCCCCCCCCC(C)C)OC(=O)CCCCCCCCC(C)C. The second-order valence-electron chi connectivity index (χ2n) is 25.9. The van der Waals surface area contributed by atoms with E-state index < -0.39 is 97.5 Å². The molecule has 0 heterocycles. The van der Waals surface area contributed by atoms with Crippen molar-refractivity contribution in [1.29, 1.82) is 0 Å². The number of unbranched alkanes of at least 4 members (excludes halogenated alkanes) is 29. The quantitative estimate of drug-likeness (QED) is 0.0222. The number of phosphoric ester groups is 2. The normalized spacial score (nSPS) is 14.7. The summed E-state index contributed by atoms with van der Waals surface area (Å²) in [6.07, 6.45) is 38.0. The molecule has 6 atom stereocenters. The number of esters is 4. The first-order chi connectivity index (χ1) is 41.1. The van der Waals surface area contributed by atoms with E-state index in [1.54, 1.807) is 0 Å². The summed E-state index contributed by atoms with van der Waals surface area (Å²) in [5.41, 5.74) is 0. The number of hydrogen-bond donors (Lipinski definition) is 3. The summed E-state index contributed by atoms with van der Waals surface area (Å²) in [6, 6.07) is 0. The Bertz CT molecular complexity index is 1720. The Kier molecular flexibility index (Phi) is 55.7. The van der Waals surface area contributed by atoms with Crippen LogP contribution in [0.4, 0.5) is 0 Å². The highest BCUT2D eigenvalue weighted by Gasteiger charge is 2.30. The van der Waals surface area contributed by atoms with Gasteiger partial charge in [-0.15, -0.1) is 0 Å². The van der Waals surface area contributed by atoms with E-state index in [1.807, 2.05) is 0 Å². The van der Waals surface area contributed by atoms with Crippen LogP contribution in [0.3, 0.4) is 0 Å². The van der Waals surface area contributed by atoms with Gasteiger partial charge in [0.15, 0.2) is 12.2 Å². The van der Waals surface area contributed by atoms with Crippen LogP contribution in [0.15, 0.2) is 0 Å². The standard InChI is InChI=1S/C67H130O17P2/c1-9-60(8)46-38-30-23-26-32-40-48-65(70)78-54-63(84-67(72)50-42-34-25-22-29-37-45-59(6)7)56-82-86(75,76)80-52-61(68)51-79-85(73,74)81-55-62(53-77-64(69)47-39-31-24-21-28-36-44-58(4)5)83-66(71)49-41-33-20-18-16-14-12-10-11-13-15-17-19-27-35-43-57(2)3/h57-63,68H,9-56H2,1-8H3,(H,73,74)(H,75,76)/t60?,61?,62-,63-/m1/s1. The molecule has 0 aliphatic heterocycles. The van der Waals surface area contributed by atoms with Gasteiger partial charge in [0.2, 0.25) is 0 Å². The van der Waals surface area contributed by atoms with Crippen molar-refractivity contribution in [3.63, 3.8) is 0 Å². The average Bonchev–Trinajstić information content (AvgIpc) is 3.58. The van der Waals surface area contributed by atoms with Crippen molar-refractivity contribution in [2.75, 3.05) is 39.6 Å². The molecule has 0 aromatic rings. The topological polar surface area (TPSA) is 237 Å². The molecule has 0 saturated carbocycles. The molecule has 0 rings (SSSR count). The lowest BCUT2D eigenvalue weighted by Crippen LogP contribution is -2.30. The van der Waals surface area contributed by atoms with Crippen LogP contribution in [0.1, 0.15) is 325 Å². The number of aliphatic hydroxyl groups excluding tert-OH is 1. The van der Waals surface area contributed by atoms with Crippen LogP contribution in [0.2, 0.25) is 0 Å². The first-order valence-electron chi connectivity index (χ1n) is 34.7. The third-order valence-electron chi connectivity index (χ3n) is 15.7. The number of hydrogen-bond acceptors (Lipinski definition) is 15. The van der Waals surface area contributed by atoms with E-state index in [9.17, 15) is 43.2 Å². The van der Waals surface area contributed by atoms with Crippen molar-refractivity contribution in [3.8, 4) is 0 Å². The molecule has 0 amide bonds. The molecular formula is C67H130O17P2. The second kappa shape index (κ2) is 57.0. The molecule has 86 heavy (non-hydrogen) atoms. The summed E-state index contributed by atoms with van der Waals surface area (Å²) < 4.78 is 68.0. The minimum Gasteiger partial charge on any atom is -0.462 e. The molecule has 0 aromatic heterocycles. The number of carbonyl (C=O) groups is 4. The van der Waals surface area contributed by atoms with Crippen LogP contribution < -0.4 is 0 Å². The maximum absolute atomic E-state index is 13.0. The van der Waals surface area contributed by atoms with Crippen molar-refractivity contribution in [3.05, 3.63) is 0 Å². The molecule has 17 nitrogen and oxygen atoms in total. The minimum absolute atomic E-state index is 0.101. The number of carbonyl (C=O) groups excluding carboxylic acids is 4. The summed E-state index contributed by atoms with van der Waals surface area (Å²) in [6.45, 7) is 13.9. The van der Waals surface area contributed by atoms with Gasteiger partial charge >= 0.3 is 39.5 Å². The van der Waals surface area contributed by atoms with E-state index in [0.717, 1.165) is 115 Å². The fourth-order valence-corrected chi connectivity index (χ4v) is 11.5. The third kappa shape index (κ3) is 59.7. The van der Waals surface area contributed by atoms with E-state index >= 15 is 0 Å². The molecule has 0 radical (unpaired) electrons. The first-order valence-corrected chi connectivity index (χ1v) is 37.7. The predicted molar refractivity (Wildman–Crippen MR) is 344 cm³/mol. The second-order valence-corrected chi connectivity index (χ2v) is 28.8. The molecule has 0 fully saturated rings. The van der Waals surface area contributed by atoms with Gasteiger partial charge in [-0.1, -0.05) is 274 Å². The maximum atomic E-state index is 13.0. The number of rotatable bonds is 64. The fraction of sp³-hybridized carbons (Fsp3) is 0.940. The summed E-state index contributed by atoms with van der Waals surface area (Å²) >= 11 is 0. The van der Waals surface area contributed by atoms with Gasteiger partial charge < -0.3 is 33.8 Å². The smallest absolute Gasteiger partial charge is 0.462 e. The van der Waals surface area contributed by atoms with Gasteiger partial charge in [0, 0.05) is 25.7 Å². The minimum atomic E-state index is -4.95. The van der Waals surface area contributed by atoms with E-state index in [2.05, 4.69) is 55.4 Å². The fourth-order valence-electron chi connectivity index (χ4n) is 9.93. The molecule has 0 aliphatic rings. The molecule has 19 heteroatoms. The van der Waals surface area contributed by atoms with Crippen LogP contribution >= 0.6 is 15.6 Å². The van der Waals surface area contributed by atoms with Crippen molar-refractivity contribution in [1.82, 2.24) is 0 Å². The van der Waals surface area contributed by atoms with Crippen LogP contribution in [0, 0.1) is 23.7 Å². The summed E-state index contributed by atoms with van der Waals surface area (Å²) in [5, 5.41) is 10.5. The zero-order valence-corrected chi connectivity index (χ0v) is 57.7. The Morgan fingerprint density at radius 3 is 0.826 bits per heavy atom. The van der Waals surface area contributed by atoms with E-state index in [4.69, 9.17) is 37.0 Å². The summed E-state index contributed by atoms with van der Waals surface area (Å²) in [5.74, 6) is 0.741. The Balaban J connectivity index is 5.19. The van der Waals surface area contributed by atoms with Gasteiger partial charge in [0.1, 0.15) is 19.3 Å². The van der Waals surface area contributed by atoms with Gasteiger partial charge in [-0.2, -0.15) is 0 Å². The van der Waals surface area contributed by atoms with Crippen LogP contribution in [0.25, 0.3) is 0 Å². The molecular weight excluding hydrogens is 1140 g/mol. The summed E-state index contributed by atoms with van der Waals surface area (Å²) in [7, 11) is -9.89. The average molecular weight is 1270 g/mol. The zero-order chi connectivity index (χ0) is 63.9. The molecule has 0 bridgehead atoms. The van der Waals surface area contributed by atoms with Crippen LogP contribution in [-0.4, -0.2) is 96.7 Å². The Morgan fingerprint density at radius 2 is 0.558 bits per heavy atom. The maximum Gasteiger partial charge on any atom is 0.472 e. The monoisotopic (exact) mass is 1270 g/mol. The van der Waals surface area contributed by atoms with Gasteiger partial charge in [-0.3, -0.25) is 37.3 Å². The largest absolute Gasteiger partial charge is 0.472 e. The molecule has 0 saturated heterocycles. The first kappa shape index (κ1) is 84.1. The molecule has 510 valence electrons. The van der Waals surface area contributed by atoms with Gasteiger partial charge in [0.05, 0.1) is 26.4 Å². The van der Waals surface area contributed by atoms with Gasteiger partial charge in [0.25, 0.3) is 0 Å². The van der Waals surface area contributed by atoms with Crippen LogP contribution in [-0.2, 0) is 65.4 Å². The highest BCUT2D eigenvalue weighted by atomic mass is 31.2. The Morgan fingerprint density at radius 1 is 0.326 bits per heavy atom. The number of phosphoric acid groups is 2. The van der Waals surface area contributed by atoms with Crippen molar-refractivity contribution < 1.29 is 80.2 Å². The Hall–Kier alpha value is -1.94. The van der Waals surface area contributed by atoms with Crippen LogP contribution in [0.5, 0.6) is 0 Å². The lowest BCUT2D eigenvalue weighted by Gasteiger charge is -2.21. The third-order valence-corrected chi connectivity index (χ3v) is 17.6. The van der Waals surface area contributed by atoms with Crippen molar-refractivity contribution >= 4 is 39.5 Å². The Labute approximate surface area is 524 Å². The molecule has 0 aromatic carbocycles. The van der Waals surface area contributed by atoms with Crippen molar-refractivity contribution in [2.45, 2.75) is 343 Å². The van der Waals surface area contributed by atoms with E-state index in [1.165, 1.54) is 116 Å². The zero-order valence-electron chi connectivity index (χ0n) is 55.9. The number of aliphatic hydroxyl groups is 1. The molecule has 4 unspecified atom stereocenters. The molecule has 0 aliphatic carbocycles. The molecule has 0 spiro atoms. The van der Waals surface area contributed by atoms with E-state index in [-0.39, 0.29) is 25.7 Å². The number of ether oxygens (including phenoxy) is 4.